The summed E-state index contributed by atoms with van der Waals surface area (Å²) in [6.07, 6.45) is 3.74. The third-order valence-electron chi connectivity index (χ3n) is 5.88. The number of hydrogen-bond acceptors (Lipinski definition) is 3. The molecular weight excluding hydrogens is 398 g/mol. The molecule has 32 heavy (non-hydrogen) atoms. The Kier molecular flexibility index (Phi) is 15.0. The first-order chi connectivity index (χ1) is 14.7. The highest BCUT2D eigenvalue weighted by molar-refractivity contribution is 5.91. The first-order valence-corrected chi connectivity index (χ1v) is 13.1. The van der Waals surface area contributed by atoms with Crippen molar-refractivity contribution in [3.8, 4) is 0 Å². The summed E-state index contributed by atoms with van der Waals surface area (Å²) in [4.78, 5) is 39.4. The molecule has 0 aliphatic rings. The Morgan fingerprint density at radius 2 is 0.844 bits per heavy atom. The third-order valence-corrected chi connectivity index (χ3v) is 5.88. The minimum absolute atomic E-state index is 0.0205. The minimum Gasteiger partial charge on any atom is -0.356 e. The summed E-state index contributed by atoms with van der Waals surface area (Å²) in [5.41, 5.74) is 0. The van der Waals surface area contributed by atoms with E-state index in [0.29, 0.717) is 55.4 Å². The Balaban J connectivity index is 5.44. The summed E-state index contributed by atoms with van der Waals surface area (Å²) in [5, 5.41) is 3.02. The maximum atomic E-state index is 13.4. The van der Waals surface area contributed by atoms with E-state index in [4.69, 9.17) is 0 Å². The zero-order chi connectivity index (χ0) is 25.0. The summed E-state index contributed by atoms with van der Waals surface area (Å²) in [7, 11) is 0. The molecule has 0 aromatic carbocycles. The van der Waals surface area contributed by atoms with E-state index in [-0.39, 0.29) is 41.6 Å². The number of hydrogen-bond donors (Lipinski definition) is 1. The molecule has 0 aromatic rings. The average Bonchev–Trinajstić information content (AvgIpc) is 2.62. The highest BCUT2D eigenvalue weighted by Crippen LogP contribution is 2.28. The van der Waals surface area contributed by atoms with Gasteiger partial charge in [-0.05, 0) is 55.3 Å². The van der Waals surface area contributed by atoms with Gasteiger partial charge in [0.2, 0.25) is 5.91 Å². The van der Waals surface area contributed by atoms with E-state index in [9.17, 15) is 14.4 Å². The Labute approximate surface area is 199 Å². The fraction of sp³-hybridized carbons (Fsp3) is 0.893. The first-order valence-electron chi connectivity index (χ1n) is 13.1. The molecule has 4 nitrogen and oxygen atoms in total. The quantitative estimate of drug-likeness (QED) is 0.267. The molecule has 188 valence electrons. The Hall–Kier alpha value is -1.19. The zero-order valence-corrected chi connectivity index (χ0v) is 22.8. The van der Waals surface area contributed by atoms with Gasteiger partial charge in [-0.2, -0.15) is 0 Å². The summed E-state index contributed by atoms with van der Waals surface area (Å²) in [6.45, 7) is 21.8. The molecule has 0 rings (SSSR count). The Morgan fingerprint density at radius 1 is 0.500 bits per heavy atom. The molecule has 0 radical (unpaired) electrons. The molecule has 0 aromatic heterocycles. The van der Waals surface area contributed by atoms with Crippen LogP contribution in [-0.4, -0.2) is 24.0 Å². The standard InChI is InChI=1S/C28H53NO3/c1-18(2)11-23(12-19(3)4)26(30)15-24(13-20(5)6)27(31)16-25(14-21(7)8)28(32)29-17-22(9)10/h18-25H,11-17H2,1-10H3,(H,29,32). The van der Waals surface area contributed by atoms with E-state index < -0.39 is 0 Å². The molecule has 1 N–H and O–H groups in total. The van der Waals surface area contributed by atoms with Gasteiger partial charge in [0, 0.05) is 37.1 Å². The second-order valence-corrected chi connectivity index (χ2v) is 12.1. The lowest BCUT2D eigenvalue weighted by molar-refractivity contribution is -0.134. The molecule has 1 amide bonds. The smallest absolute Gasteiger partial charge is 0.223 e. The van der Waals surface area contributed by atoms with Gasteiger partial charge >= 0.3 is 0 Å². The van der Waals surface area contributed by atoms with E-state index in [2.05, 4.69) is 74.6 Å². The van der Waals surface area contributed by atoms with Crippen molar-refractivity contribution in [1.82, 2.24) is 5.32 Å². The van der Waals surface area contributed by atoms with E-state index in [1.54, 1.807) is 0 Å². The van der Waals surface area contributed by atoms with Crippen molar-refractivity contribution >= 4 is 17.5 Å². The molecule has 0 bridgehead atoms. The molecule has 0 saturated heterocycles. The highest BCUT2D eigenvalue weighted by atomic mass is 16.2. The maximum Gasteiger partial charge on any atom is 0.223 e. The van der Waals surface area contributed by atoms with Crippen LogP contribution in [0.5, 0.6) is 0 Å². The van der Waals surface area contributed by atoms with Gasteiger partial charge in [0.15, 0.2) is 0 Å². The molecular formula is C28H53NO3. The van der Waals surface area contributed by atoms with Crippen molar-refractivity contribution in [2.45, 2.75) is 108 Å². The van der Waals surface area contributed by atoms with Crippen LogP contribution in [0.1, 0.15) is 108 Å². The van der Waals surface area contributed by atoms with E-state index in [1.165, 1.54) is 0 Å². The predicted octanol–water partition coefficient (Wildman–Crippen LogP) is 6.71. The van der Waals surface area contributed by atoms with Crippen molar-refractivity contribution in [1.29, 1.82) is 0 Å². The number of nitrogens with one attached hydrogen (secondary N) is 1. The second kappa shape index (κ2) is 15.6. The van der Waals surface area contributed by atoms with Crippen molar-refractivity contribution in [3.05, 3.63) is 0 Å². The molecule has 0 spiro atoms. The average molecular weight is 452 g/mol. The van der Waals surface area contributed by atoms with Crippen molar-refractivity contribution in [3.63, 3.8) is 0 Å². The Morgan fingerprint density at radius 3 is 1.25 bits per heavy atom. The number of carbonyl (C=O) groups excluding carboxylic acids is 3. The van der Waals surface area contributed by atoms with Gasteiger partial charge in [-0.1, -0.05) is 69.2 Å². The number of ketones is 2. The normalized spacial score (nSPS) is 14.1. The van der Waals surface area contributed by atoms with Crippen LogP contribution in [0.15, 0.2) is 0 Å². The summed E-state index contributed by atoms with van der Waals surface area (Å²) >= 11 is 0. The number of rotatable bonds is 17. The third kappa shape index (κ3) is 14.1. The number of carbonyl (C=O) groups is 3. The van der Waals surface area contributed by atoms with Gasteiger partial charge in [-0.3, -0.25) is 14.4 Å². The molecule has 0 fully saturated rings. The monoisotopic (exact) mass is 451 g/mol. The Bertz CT molecular complexity index is 553. The number of Topliss-reactive ketones (excluding diaryl/α,β-unsaturated/α-hetero) is 2. The lowest BCUT2D eigenvalue weighted by Crippen LogP contribution is -2.36. The fourth-order valence-corrected chi connectivity index (χ4v) is 4.52. The van der Waals surface area contributed by atoms with E-state index in [1.807, 2.05) is 0 Å². The van der Waals surface area contributed by atoms with Crippen LogP contribution in [0, 0.1) is 47.3 Å². The lowest BCUT2D eigenvalue weighted by atomic mass is 9.78. The summed E-state index contributed by atoms with van der Waals surface area (Å²) in [6, 6.07) is 0. The molecule has 2 unspecified atom stereocenters. The van der Waals surface area contributed by atoms with Crippen LogP contribution in [0.3, 0.4) is 0 Å². The lowest BCUT2D eigenvalue weighted by Gasteiger charge is -2.25. The van der Waals surface area contributed by atoms with Crippen LogP contribution in [-0.2, 0) is 14.4 Å². The molecule has 0 aliphatic carbocycles. The van der Waals surface area contributed by atoms with Gasteiger partial charge in [0.1, 0.15) is 11.6 Å². The fourth-order valence-electron chi connectivity index (χ4n) is 4.52. The van der Waals surface area contributed by atoms with Crippen LogP contribution in [0.25, 0.3) is 0 Å². The van der Waals surface area contributed by atoms with E-state index in [0.717, 1.165) is 12.8 Å². The predicted molar refractivity (Wildman–Crippen MR) is 135 cm³/mol. The molecule has 0 heterocycles. The van der Waals surface area contributed by atoms with Gasteiger partial charge in [0.25, 0.3) is 0 Å². The first kappa shape index (κ1) is 30.8. The van der Waals surface area contributed by atoms with Gasteiger partial charge in [-0.15, -0.1) is 0 Å². The molecule has 2 atom stereocenters. The largest absolute Gasteiger partial charge is 0.356 e. The number of amides is 1. The van der Waals surface area contributed by atoms with Crippen LogP contribution in [0.4, 0.5) is 0 Å². The van der Waals surface area contributed by atoms with E-state index >= 15 is 0 Å². The topological polar surface area (TPSA) is 63.2 Å². The summed E-state index contributed by atoms with van der Waals surface area (Å²) in [5.74, 6) is 1.70. The van der Waals surface area contributed by atoms with Crippen molar-refractivity contribution in [2.75, 3.05) is 6.54 Å². The van der Waals surface area contributed by atoms with Crippen LogP contribution >= 0.6 is 0 Å². The summed E-state index contributed by atoms with van der Waals surface area (Å²) < 4.78 is 0. The van der Waals surface area contributed by atoms with Crippen molar-refractivity contribution < 1.29 is 14.4 Å². The van der Waals surface area contributed by atoms with Gasteiger partial charge < -0.3 is 5.32 Å². The minimum atomic E-state index is -0.312. The zero-order valence-electron chi connectivity index (χ0n) is 22.8. The molecule has 0 saturated carbocycles. The maximum absolute atomic E-state index is 13.4. The second-order valence-electron chi connectivity index (χ2n) is 12.1. The van der Waals surface area contributed by atoms with Crippen LogP contribution in [0.2, 0.25) is 0 Å². The molecule has 4 heteroatoms. The van der Waals surface area contributed by atoms with Gasteiger partial charge in [0.05, 0.1) is 0 Å². The SMILES string of the molecule is CC(C)CNC(=O)C(CC(=O)C(CC(=O)C(CC(C)C)CC(C)C)CC(C)C)CC(C)C. The van der Waals surface area contributed by atoms with Crippen LogP contribution < -0.4 is 5.32 Å². The van der Waals surface area contributed by atoms with Crippen molar-refractivity contribution in [2.24, 2.45) is 47.3 Å². The van der Waals surface area contributed by atoms with Gasteiger partial charge in [-0.25, -0.2) is 0 Å². The highest BCUT2D eigenvalue weighted by Gasteiger charge is 2.31. The molecule has 0 aliphatic heterocycles.